The lowest BCUT2D eigenvalue weighted by Crippen LogP contribution is -2.44. The van der Waals surface area contributed by atoms with E-state index < -0.39 is 0 Å². The number of benzene rings is 1. The topological polar surface area (TPSA) is 52.7 Å². The molecule has 1 atom stereocenters. The van der Waals surface area contributed by atoms with Gasteiger partial charge in [-0.1, -0.05) is 30.3 Å². The summed E-state index contributed by atoms with van der Waals surface area (Å²) in [6.45, 7) is 6.76. The number of hydrogen-bond donors (Lipinski definition) is 1. The molecule has 0 spiro atoms. The van der Waals surface area contributed by atoms with Crippen molar-refractivity contribution >= 4 is 11.9 Å². The second-order valence-electron chi connectivity index (χ2n) is 5.57. The van der Waals surface area contributed by atoms with Crippen LogP contribution in [0.25, 0.3) is 0 Å². The van der Waals surface area contributed by atoms with Gasteiger partial charge in [0.25, 0.3) is 0 Å². The molecule has 1 heterocycles. The van der Waals surface area contributed by atoms with E-state index >= 15 is 0 Å². The molecule has 3 amide bonds. The van der Waals surface area contributed by atoms with Crippen LogP contribution in [-0.4, -0.2) is 54.5 Å². The van der Waals surface area contributed by atoms with E-state index in [2.05, 4.69) is 17.4 Å². The molecular formula is C17H25N3O2. The minimum atomic E-state index is -0.140. The van der Waals surface area contributed by atoms with Crippen LogP contribution in [0.4, 0.5) is 4.79 Å². The van der Waals surface area contributed by atoms with E-state index in [1.54, 1.807) is 9.80 Å². The summed E-state index contributed by atoms with van der Waals surface area (Å²) in [6.07, 6.45) is 0.974. The van der Waals surface area contributed by atoms with Gasteiger partial charge >= 0.3 is 6.03 Å². The van der Waals surface area contributed by atoms with E-state index in [9.17, 15) is 9.59 Å². The number of hydrogen-bond acceptors (Lipinski definition) is 2. The van der Waals surface area contributed by atoms with Gasteiger partial charge in [0.2, 0.25) is 5.91 Å². The van der Waals surface area contributed by atoms with Gasteiger partial charge in [-0.3, -0.25) is 4.79 Å². The SMILES string of the molecule is CCN(CC)C(=O)CNC(=O)N1CC[C@@H](c2ccccc2)C1. The Kier molecular flexibility index (Phi) is 5.81. The predicted molar refractivity (Wildman–Crippen MR) is 86.7 cm³/mol. The minimum Gasteiger partial charge on any atom is -0.342 e. The average molecular weight is 303 g/mol. The van der Waals surface area contributed by atoms with Crippen molar-refractivity contribution in [2.45, 2.75) is 26.2 Å². The second-order valence-corrected chi connectivity index (χ2v) is 5.57. The van der Waals surface area contributed by atoms with Crippen LogP contribution >= 0.6 is 0 Å². The number of rotatable bonds is 5. The molecule has 5 heteroatoms. The lowest BCUT2D eigenvalue weighted by atomic mass is 9.99. The Labute approximate surface area is 132 Å². The van der Waals surface area contributed by atoms with E-state index in [4.69, 9.17) is 0 Å². The van der Waals surface area contributed by atoms with Gasteiger partial charge in [0.1, 0.15) is 0 Å². The minimum absolute atomic E-state index is 0.0304. The first kappa shape index (κ1) is 16.3. The number of amides is 3. The van der Waals surface area contributed by atoms with Crippen molar-refractivity contribution in [1.82, 2.24) is 15.1 Å². The first-order chi connectivity index (χ1) is 10.7. The zero-order valence-electron chi connectivity index (χ0n) is 13.4. The molecule has 1 N–H and O–H groups in total. The highest BCUT2D eigenvalue weighted by molar-refractivity contribution is 5.84. The summed E-state index contributed by atoms with van der Waals surface area (Å²) in [6, 6.07) is 10.1. The normalized spacial score (nSPS) is 17.4. The lowest BCUT2D eigenvalue weighted by molar-refractivity contribution is -0.129. The lowest BCUT2D eigenvalue weighted by Gasteiger charge is -2.21. The van der Waals surface area contributed by atoms with Crippen LogP contribution < -0.4 is 5.32 Å². The smallest absolute Gasteiger partial charge is 0.317 e. The molecule has 22 heavy (non-hydrogen) atoms. The molecule has 1 aliphatic rings. The molecular weight excluding hydrogens is 278 g/mol. The van der Waals surface area contributed by atoms with Gasteiger partial charge in [-0.2, -0.15) is 0 Å². The summed E-state index contributed by atoms with van der Waals surface area (Å²) in [5, 5.41) is 2.74. The number of carbonyl (C=O) groups excluding carboxylic acids is 2. The Balaban J connectivity index is 1.81. The first-order valence-corrected chi connectivity index (χ1v) is 8.01. The van der Waals surface area contributed by atoms with Crippen LogP contribution in [-0.2, 0) is 4.79 Å². The van der Waals surface area contributed by atoms with Crippen molar-refractivity contribution in [3.05, 3.63) is 35.9 Å². The van der Waals surface area contributed by atoms with Crippen molar-refractivity contribution in [3.8, 4) is 0 Å². The number of carbonyl (C=O) groups is 2. The number of urea groups is 1. The average Bonchev–Trinajstić information content (AvgIpc) is 3.04. The van der Waals surface area contributed by atoms with Crippen LogP contribution in [0.3, 0.4) is 0 Å². The Morgan fingerprint density at radius 3 is 2.55 bits per heavy atom. The fourth-order valence-electron chi connectivity index (χ4n) is 2.89. The van der Waals surface area contributed by atoms with Crippen LogP contribution in [0, 0.1) is 0 Å². The highest BCUT2D eigenvalue weighted by Crippen LogP contribution is 2.26. The number of likely N-dealkylation sites (tertiary alicyclic amines) is 1. The van der Waals surface area contributed by atoms with Crippen molar-refractivity contribution in [2.75, 3.05) is 32.7 Å². The van der Waals surface area contributed by atoms with Gasteiger partial charge in [0.05, 0.1) is 6.54 Å². The number of nitrogens with zero attached hydrogens (tertiary/aromatic N) is 2. The molecule has 1 aromatic carbocycles. The Morgan fingerprint density at radius 2 is 1.91 bits per heavy atom. The molecule has 1 aliphatic heterocycles. The summed E-state index contributed by atoms with van der Waals surface area (Å²) in [5.41, 5.74) is 1.28. The summed E-state index contributed by atoms with van der Waals surface area (Å²) >= 11 is 0. The Bertz CT molecular complexity index is 500. The van der Waals surface area contributed by atoms with Crippen molar-refractivity contribution in [2.24, 2.45) is 0 Å². The fraction of sp³-hybridized carbons (Fsp3) is 0.529. The molecule has 0 aliphatic carbocycles. The molecule has 0 saturated carbocycles. The van der Waals surface area contributed by atoms with Gasteiger partial charge in [-0.05, 0) is 25.8 Å². The second kappa shape index (κ2) is 7.82. The van der Waals surface area contributed by atoms with E-state index in [-0.39, 0.29) is 18.5 Å². The summed E-state index contributed by atoms with van der Waals surface area (Å²) < 4.78 is 0. The van der Waals surface area contributed by atoms with Crippen molar-refractivity contribution < 1.29 is 9.59 Å². The summed E-state index contributed by atoms with van der Waals surface area (Å²) in [7, 11) is 0. The standard InChI is InChI=1S/C17H25N3O2/c1-3-19(4-2)16(21)12-18-17(22)20-11-10-15(13-20)14-8-6-5-7-9-14/h5-9,15H,3-4,10-13H2,1-2H3,(H,18,22)/t15-/m1/s1. The van der Waals surface area contributed by atoms with E-state index in [0.29, 0.717) is 19.0 Å². The van der Waals surface area contributed by atoms with Crippen LogP contribution in [0.5, 0.6) is 0 Å². The molecule has 0 unspecified atom stereocenters. The van der Waals surface area contributed by atoms with E-state index in [0.717, 1.165) is 19.5 Å². The van der Waals surface area contributed by atoms with E-state index in [1.807, 2.05) is 32.0 Å². The maximum atomic E-state index is 12.2. The molecule has 1 fully saturated rings. The van der Waals surface area contributed by atoms with Gasteiger partial charge in [-0.25, -0.2) is 4.79 Å². The summed E-state index contributed by atoms with van der Waals surface area (Å²) in [4.78, 5) is 27.6. The Morgan fingerprint density at radius 1 is 1.23 bits per heavy atom. The molecule has 0 bridgehead atoms. The van der Waals surface area contributed by atoms with Crippen LogP contribution in [0.2, 0.25) is 0 Å². The maximum Gasteiger partial charge on any atom is 0.317 e. The number of nitrogens with one attached hydrogen (secondary N) is 1. The van der Waals surface area contributed by atoms with Gasteiger partial charge in [-0.15, -0.1) is 0 Å². The maximum absolute atomic E-state index is 12.2. The zero-order valence-corrected chi connectivity index (χ0v) is 13.4. The van der Waals surface area contributed by atoms with Gasteiger partial charge in [0.15, 0.2) is 0 Å². The third kappa shape index (κ3) is 4.00. The van der Waals surface area contributed by atoms with Crippen molar-refractivity contribution in [1.29, 1.82) is 0 Å². The van der Waals surface area contributed by atoms with Crippen LogP contribution in [0.1, 0.15) is 31.7 Å². The predicted octanol–water partition coefficient (Wildman–Crippen LogP) is 2.05. The van der Waals surface area contributed by atoms with Gasteiger partial charge in [0, 0.05) is 32.1 Å². The number of likely N-dealkylation sites (N-methyl/N-ethyl adjacent to an activating group) is 1. The summed E-state index contributed by atoms with van der Waals surface area (Å²) in [5.74, 6) is 0.364. The molecule has 0 aromatic heterocycles. The highest BCUT2D eigenvalue weighted by atomic mass is 16.2. The third-order valence-electron chi connectivity index (χ3n) is 4.25. The third-order valence-corrected chi connectivity index (χ3v) is 4.25. The monoisotopic (exact) mass is 303 g/mol. The largest absolute Gasteiger partial charge is 0.342 e. The van der Waals surface area contributed by atoms with E-state index in [1.165, 1.54) is 5.56 Å². The zero-order chi connectivity index (χ0) is 15.9. The highest BCUT2D eigenvalue weighted by Gasteiger charge is 2.27. The molecule has 0 radical (unpaired) electrons. The van der Waals surface area contributed by atoms with Crippen LogP contribution in [0.15, 0.2) is 30.3 Å². The first-order valence-electron chi connectivity index (χ1n) is 8.01. The quantitative estimate of drug-likeness (QED) is 0.905. The fourth-order valence-corrected chi connectivity index (χ4v) is 2.89. The molecule has 2 rings (SSSR count). The van der Waals surface area contributed by atoms with Crippen molar-refractivity contribution in [3.63, 3.8) is 0 Å². The molecule has 1 saturated heterocycles. The molecule has 120 valence electrons. The molecule has 1 aromatic rings. The molecule has 5 nitrogen and oxygen atoms in total. The Hall–Kier alpha value is -2.04. The van der Waals surface area contributed by atoms with Gasteiger partial charge < -0.3 is 15.1 Å².